The van der Waals surface area contributed by atoms with E-state index in [1.807, 2.05) is 53.0 Å². The molecule has 3 N–H and O–H groups in total. The van der Waals surface area contributed by atoms with Crippen molar-refractivity contribution >= 4 is 11.6 Å². The molecular weight excluding hydrogens is 579 g/mol. The molecule has 2 aliphatic rings. The molecule has 2 aromatic carbocycles. The first-order valence-electron chi connectivity index (χ1n) is 15.5. The number of fused-ring (bicyclic) bond motifs is 1. The summed E-state index contributed by atoms with van der Waals surface area (Å²) in [6, 6.07) is 15.8. The van der Waals surface area contributed by atoms with Crippen molar-refractivity contribution in [3.8, 4) is 11.1 Å². The Bertz CT molecular complexity index is 1730. The monoisotopic (exact) mass is 618 g/mol. The lowest BCUT2D eigenvalue weighted by Gasteiger charge is -2.32. The van der Waals surface area contributed by atoms with Gasteiger partial charge in [0.25, 0.3) is 5.56 Å². The average molecular weight is 619 g/mol. The zero-order valence-corrected chi connectivity index (χ0v) is 25.5. The Hall–Kier alpha value is -4.13. The molecule has 0 bridgehead atoms. The van der Waals surface area contributed by atoms with Gasteiger partial charge in [-0.3, -0.25) is 9.36 Å². The van der Waals surface area contributed by atoms with Crippen molar-refractivity contribution in [3.05, 3.63) is 87.6 Å². The fraction of sp³-hybridized carbons (Fsp3) is 0.455. The van der Waals surface area contributed by atoms with Crippen LogP contribution < -0.4 is 10.9 Å². The van der Waals surface area contributed by atoms with Crippen LogP contribution >= 0.6 is 0 Å². The summed E-state index contributed by atoms with van der Waals surface area (Å²) in [5.41, 5.74) is 3.72. The van der Waals surface area contributed by atoms with Crippen molar-refractivity contribution in [1.29, 1.82) is 0 Å². The molecule has 2 aromatic heterocycles. The maximum absolute atomic E-state index is 14.3. The Morgan fingerprint density at radius 1 is 1.11 bits per heavy atom. The lowest BCUT2D eigenvalue weighted by molar-refractivity contribution is -0.0896. The Morgan fingerprint density at radius 2 is 1.84 bits per heavy atom. The van der Waals surface area contributed by atoms with Gasteiger partial charge in [0.15, 0.2) is 5.84 Å². The van der Waals surface area contributed by atoms with Gasteiger partial charge in [-0.1, -0.05) is 67.0 Å². The van der Waals surface area contributed by atoms with Crippen LogP contribution in [0.2, 0.25) is 0 Å². The van der Waals surface area contributed by atoms with Crippen molar-refractivity contribution < 1.29 is 24.2 Å². The highest BCUT2D eigenvalue weighted by atomic mass is 19.1. The average Bonchev–Trinajstić information content (AvgIpc) is 3.72. The fourth-order valence-corrected chi connectivity index (χ4v) is 6.23. The first-order valence-corrected chi connectivity index (χ1v) is 15.5. The second kappa shape index (κ2) is 13.1. The van der Waals surface area contributed by atoms with Crippen molar-refractivity contribution in [2.75, 3.05) is 13.3 Å². The highest BCUT2D eigenvalue weighted by molar-refractivity contribution is 6.04. The van der Waals surface area contributed by atoms with Gasteiger partial charge < -0.3 is 25.1 Å². The van der Waals surface area contributed by atoms with E-state index in [-0.39, 0.29) is 24.3 Å². The van der Waals surface area contributed by atoms with Gasteiger partial charge in [0.2, 0.25) is 5.78 Å². The number of aromatic nitrogens is 4. The Balaban J connectivity index is 1.27. The quantitative estimate of drug-likeness (QED) is 0.231. The number of aryl methyl sites for hydroxylation is 1. The summed E-state index contributed by atoms with van der Waals surface area (Å²) in [7, 11) is 0. The third-order valence-corrected chi connectivity index (χ3v) is 8.57. The summed E-state index contributed by atoms with van der Waals surface area (Å²) < 4.78 is 22.5. The van der Waals surface area contributed by atoms with E-state index < -0.39 is 18.7 Å². The molecular formula is C33H39FN6O5. The fourth-order valence-electron chi connectivity index (χ4n) is 6.23. The maximum Gasteiger partial charge on any atom is 0.304 e. The molecule has 45 heavy (non-hydrogen) atoms. The number of alkyl halides is 1. The van der Waals surface area contributed by atoms with Crippen molar-refractivity contribution in [2.45, 2.75) is 83.0 Å². The number of aliphatic hydroxyl groups is 2. The molecule has 0 amide bonds. The molecule has 1 saturated carbocycles. The van der Waals surface area contributed by atoms with Gasteiger partial charge >= 0.3 is 6.41 Å². The van der Waals surface area contributed by atoms with E-state index in [0.717, 1.165) is 34.4 Å². The molecule has 4 aromatic rings. The van der Waals surface area contributed by atoms with E-state index in [1.165, 1.54) is 13.3 Å². The number of halogens is 1. The van der Waals surface area contributed by atoms with E-state index in [2.05, 4.69) is 27.5 Å². The summed E-state index contributed by atoms with van der Waals surface area (Å²) in [6.45, 7) is 2.59. The Kier molecular flexibility index (Phi) is 8.97. The molecule has 1 fully saturated rings. The molecule has 238 valence electrons. The number of rotatable bonds is 11. The number of amidine groups is 1. The molecule has 11 nitrogen and oxygen atoms in total. The number of ether oxygens (including phenoxy) is 1. The molecule has 1 aliphatic carbocycles. The SMILES string of the molecule is CCCc1c(Cc2ccc(-c3ccccc3C3=NOC(O)N3)cc2)c(=O)n([C@H]2CC[C@H](OCC(C)(O)CF)CC2)c2ncnn12. The van der Waals surface area contributed by atoms with Gasteiger partial charge in [-0.25, -0.2) is 8.91 Å². The summed E-state index contributed by atoms with van der Waals surface area (Å²) in [4.78, 5) is 23.7. The van der Waals surface area contributed by atoms with Crippen LogP contribution in [-0.2, 0) is 22.4 Å². The van der Waals surface area contributed by atoms with E-state index in [1.54, 1.807) is 4.57 Å². The standard InChI is InChI=1S/C33H39FN6O5/c1-3-6-28-27(17-21-9-11-22(12-10-21)25-7-4-5-8-26(25)29-37-32(42)45-38-29)30(41)39(31-35-20-36-40(28)31)23-13-15-24(16-14-23)44-19-33(2,43)18-34/h4-5,7-12,20,23-24,32,42-43H,3,6,13-19H2,1-2H3,(H,37,38)/t23-,24-,32?,33?. The summed E-state index contributed by atoms with van der Waals surface area (Å²) >= 11 is 0. The summed E-state index contributed by atoms with van der Waals surface area (Å²) in [5, 5.41) is 31.0. The maximum atomic E-state index is 14.3. The Morgan fingerprint density at radius 3 is 2.51 bits per heavy atom. The number of nitrogens with zero attached hydrogens (tertiary/aromatic N) is 5. The van der Waals surface area contributed by atoms with Crippen LogP contribution in [0.15, 0.2) is 64.8 Å². The molecule has 2 atom stereocenters. The molecule has 1 aliphatic heterocycles. The lowest BCUT2D eigenvalue weighted by Crippen LogP contribution is -2.38. The topological polar surface area (TPSA) is 136 Å². The third kappa shape index (κ3) is 6.49. The van der Waals surface area contributed by atoms with Gasteiger partial charge in [-0.2, -0.15) is 10.1 Å². The normalized spacial score (nSPS) is 21.3. The molecule has 0 spiro atoms. The first kappa shape index (κ1) is 30.9. The van der Waals surface area contributed by atoms with Crippen LogP contribution in [0.5, 0.6) is 0 Å². The zero-order valence-electron chi connectivity index (χ0n) is 25.5. The number of oxime groups is 1. The lowest BCUT2D eigenvalue weighted by atomic mass is 9.92. The highest BCUT2D eigenvalue weighted by Gasteiger charge is 2.30. The molecule has 0 saturated heterocycles. The van der Waals surface area contributed by atoms with Crippen LogP contribution in [0.4, 0.5) is 4.39 Å². The summed E-state index contributed by atoms with van der Waals surface area (Å²) in [6.07, 6.45) is 5.01. The molecule has 0 radical (unpaired) electrons. The van der Waals surface area contributed by atoms with E-state index in [4.69, 9.17) is 9.57 Å². The number of hydrogen-bond donors (Lipinski definition) is 3. The largest absolute Gasteiger partial charge is 0.385 e. The van der Waals surface area contributed by atoms with Crippen molar-refractivity contribution in [1.82, 2.24) is 24.5 Å². The van der Waals surface area contributed by atoms with Gasteiger partial charge in [-0.05, 0) is 55.7 Å². The molecule has 3 heterocycles. The molecule has 6 rings (SSSR count). The second-order valence-corrected chi connectivity index (χ2v) is 12.2. The van der Waals surface area contributed by atoms with Crippen molar-refractivity contribution in [2.24, 2.45) is 5.16 Å². The highest BCUT2D eigenvalue weighted by Crippen LogP contribution is 2.32. The van der Waals surface area contributed by atoms with Crippen LogP contribution in [0.3, 0.4) is 0 Å². The Labute approximate surface area is 260 Å². The van der Waals surface area contributed by atoms with Gasteiger partial charge in [0.05, 0.1) is 18.4 Å². The van der Waals surface area contributed by atoms with Crippen molar-refractivity contribution in [3.63, 3.8) is 0 Å². The van der Waals surface area contributed by atoms with Crippen LogP contribution in [-0.4, -0.2) is 66.6 Å². The van der Waals surface area contributed by atoms with Gasteiger partial charge in [-0.15, -0.1) is 0 Å². The number of hydrogen-bond acceptors (Lipinski definition) is 9. The third-order valence-electron chi connectivity index (χ3n) is 8.57. The number of nitrogens with one attached hydrogen (secondary N) is 1. The number of benzene rings is 2. The zero-order chi connectivity index (χ0) is 31.6. The predicted molar refractivity (Wildman–Crippen MR) is 167 cm³/mol. The smallest absolute Gasteiger partial charge is 0.304 e. The minimum Gasteiger partial charge on any atom is -0.385 e. The number of aliphatic hydroxyl groups excluding tert-OH is 1. The van der Waals surface area contributed by atoms with Crippen LogP contribution in [0, 0.1) is 0 Å². The predicted octanol–water partition coefficient (Wildman–Crippen LogP) is 3.88. The first-order chi connectivity index (χ1) is 21.8. The van der Waals surface area contributed by atoms with Gasteiger partial charge in [0, 0.05) is 23.6 Å². The van der Waals surface area contributed by atoms with Crippen LogP contribution in [0.1, 0.15) is 74.4 Å². The minimum absolute atomic E-state index is 0.0537. The minimum atomic E-state index is -1.49. The van der Waals surface area contributed by atoms with Crippen LogP contribution in [0.25, 0.3) is 16.9 Å². The molecule has 2 unspecified atom stereocenters. The van der Waals surface area contributed by atoms with Gasteiger partial charge in [0.1, 0.15) is 18.6 Å². The van der Waals surface area contributed by atoms with E-state index >= 15 is 0 Å². The van der Waals surface area contributed by atoms with E-state index in [0.29, 0.717) is 55.7 Å². The second-order valence-electron chi connectivity index (χ2n) is 12.2. The van der Waals surface area contributed by atoms with E-state index in [9.17, 15) is 19.4 Å². The summed E-state index contributed by atoms with van der Waals surface area (Å²) in [5.74, 6) is 1.00. The molecule has 12 heteroatoms.